The fourth-order valence-corrected chi connectivity index (χ4v) is 2.48. The van der Waals surface area contributed by atoms with Gasteiger partial charge < -0.3 is 20.3 Å². The Kier molecular flexibility index (Phi) is 7.44. The highest BCUT2D eigenvalue weighted by molar-refractivity contribution is 6.30. The van der Waals surface area contributed by atoms with Crippen LogP contribution < -0.4 is 20.3 Å². The van der Waals surface area contributed by atoms with E-state index >= 15 is 0 Å². The molecule has 0 aliphatic heterocycles. The van der Waals surface area contributed by atoms with Crippen LogP contribution in [0.4, 0.5) is 5.69 Å². The number of nitrogens with one attached hydrogen (secondary N) is 3. The van der Waals surface area contributed by atoms with Crippen LogP contribution in [0.3, 0.4) is 0 Å². The molecule has 0 radical (unpaired) electrons. The van der Waals surface area contributed by atoms with E-state index in [1.807, 2.05) is 12.1 Å². The number of halogens is 1. The molecule has 0 heterocycles. The van der Waals surface area contributed by atoms with Crippen LogP contribution in [0.2, 0.25) is 5.02 Å². The van der Waals surface area contributed by atoms with Gasteiger partial charge in [0.05, 0.1) is 14.2 Å². The van der Waals surface area contributed by atoms with Gasteiger partial charge in [0.2, 0.25) is 0 Å². The molecule has 0 bridgehead atoms. The van der Waals surface area contributed by atoms with E-state index in [-0.39, 0.29) is 24.9 Å². The number of quaternary nitrogens is 1. The zero-order valence-corrected chi connectivity index (χ0v) is 15.6. The predicted octanol–water partition coefficient (Wildman–Crippen LogP) is 1.12. The van der Waals surface area contributed by atoms with Crippen LogP contribution in [0.25, 0.3) is 0 Å². The Balaban J connectivity index is 1.72. The average Bonchev–Trinajstić information content (AvgIpc) is 2.61. The van der Waals surface area contributed by atoms with E-state index in [9.17, 15) is 9.59 Å². The Hall–Kier alpha value is -2.57. The second-order valence-corrected chi connectivity index (χ2v) is 6.43. The van der Waals surface area contributed by atoms with Gasteiger partial charge in [0.15, 0.2) is 13.1 Å². The van der Waals surface area contributed by atoms with Gasteiger partial charge in [-0.2, -0.15) is 0 Å². The first kappa shape index (κ1) is 19.8. The molecule has 138 valence electrons. The van der Waals surface area contributed by atoms with Crippen molar-refractivity contribution in [3.8, 4) is 5.75 Å². The molecule has 0 aromatic heterocycles. The quantitative estimate of drug-likeness (QED) is 0.646. The van der Waals surface area contributed by atoms with Gasteiger partial charge in [-0.15, -0.1) is 0 Å². The van der Waals surface area contributed by atoms with E-state index in [4.69, 9.17) is 16.3 Å². The molecule has 1 unspecified atom stereocenters. The summed E-state index contributed by atoms with van der Waals surface area (Å²) in [6, 6.07) is 14.4. The van der Waals surface area contributed by atoms with Crippen LogP contribution in [-0.4, -0.2) is 39.1 Å². The minimum Gasteiger partial charge on any atom is -0.497 e. The van der Waals surface area contributed by atoms with Crippen molar-refractivity contribution < 1.29 is 19.2 Å². The van der Waals surface area contributed by atoms with Gasteiger partial charge >= 0.3 is 0 Å². The molecular weight excluding hydrogens is 354 g/mol. The zero-order chi connectivity index (χ0) is 18.9. The van der Waals surface area contributed by atoms with Gasteiger partial charge in [-0.25, -0.2) is 0 Å². The average molecular weight is 377 g/mol. The highest BCUT2D eigenvalue weighted by Gasteiger charge is 2.14. The Morgan fingerprint density at radius 3 is 2.23 bits per heavy atom. The molecule has 26 heavy (non-hydrogen) atoms. The molecule has 2 aromatic carbocycles. The third kappa shape index (κ3) is 6.74. The lowest BCUT2D eigenvalue weighted by Gasteiger charge is -2.14. The van der Waals surface area contributed by atoms with Crippen LogP contribution in [-0.2, 0) is 16.1 Å². The second kappa shape index (κ2) is 9.79. The molecule has 0 fully saturated rings. The smallest absolute Gasteiger partial charge is 0.279 e. The number of methoxy groups -OCH3 is 1. The number of benzene rings is 2. The fraction of sp³-hybridized carbons (Fsp3) is 0.263. The van der Waals surface area contributed by atoms with Gasteiger partial charge in [0, 0.05) is 17.3 Å². The molecule has 0 aliphatic rings. The van der Waals surface area contributed by atoms with Crippen LogP contribution in [0.15, 0.2) is 48.5 Å². The molecule has 2 aromatic rings. The largest absolute Gasteiger partial charge is 0.497 e. The monoisotopic (exact) mass is 376 g/mol. The van der Waals surface area contributed by atoms with Crippen molar-refractivity contribution >= 4 is 29.1 Å². The highest BCUT2D eigenvalue weighted by Crippen LogP contribution is 2.14. The summed E-state index contributed by atoms with van der Waals surface area (Å²) < 4.78 is 5.08. The van der Waals surface area contributed by atoms with Crippen LogP contribution in [0.5, 0.6) is 5.75 Å². The maximum Gasteiger partial charge on any atom is 0.279 e. The number of amides is 2. The van der Waals surface area contributed by atoms with E-state index in [1.54, 1.807) is 50.6 Å². The molecule has 0 saturated heterocycles. The van der Waals surface area contributed by atoms with Crippen molar-refractivity contribution in [2.75, 3.05) is 32.6 Å². The third-order valence-corrected chi connectivity index (χ3v) is 3.95. The highest BCUT2D eigenvalue weighted by atomic mass is 35.5. The number of hydrogen-bond donors (Lipinski definition) is 3. The molecule has 7 heteroatoms. The SMILES string of the molecule is COc1ccc(NC(=O)C[NH+](C)CC(=O)NCc2ccc(Cl)cc2)cc1. The van der Waals surface area contributed by atoms with E-state index in [2.05, 4.69) is 10.6 Å². The Morgan fingerprint density at radius 1 is 1.00 bits per heavy atom. The van der Waals surface area contributed by atoms with E-state index < -0.39 is 0 Å². The first-order valence-corrected chi connectivity index (χ1v) is 8.60. The van der Waals surface area contributed by atoms with Crippen LogP contribution in [0.1, 0.15) is 5.56 Å². The lowest BCUT2D eigenvalue weighted by atomic mass is 10.2. The lowest BCUT2D eigenvalue weighted by Crippen LogP contribution is -3.11. The Bertz CT molecular complexity index is 733. The Labute approximate surface area is 158 Å². The molecule has 2 rings (SSSR count). The minimum absolute atomic E-state index is 0.116. The number of hydrogen-bond acceptors (Lipinski definition) is 3. The summed E-state index contributed by atoms with van der Waals surface area (Å²) in [5, 5.41) is 6.30. The lowest BCUT2D eigenvalue weighted by molar-refractivity contribution is -0.862. The number of anilines is 1. The zero-order valence-electron chi connectivity index (χ0n) is 14.8. The summed E-state index contributed by atoms with van der Waals surface area (Å²) in [6.45, 7) is 0.839. The number of likely N-dealkylation sites (N-methyl/N-ethyl adjacent to an activating group) is 1. The first-order valence-electron chi connectivity index (χ1n) is 8.22. The maximum atomic E-state index is 12.1. The normalized spacial score (nSPS) is 11.5. The predicted molar refractivity (Wildman–Crippen MR) is 102 cm³/mol. The number of carbonyl (C=O) groups excluding carboxylic acids is 2. The van der Waals surface area contributed by atoms with Crippen molar-refractivity contribution in [2.24, 2.45) is 0 Å². The molecule has 2 amide bonds. The van der Waals surface area contributed by atoms with E-state index in [1.165, 1.54) is 0 Å². The number of rotatable bonds is 8. The van der Waals surface area contributed by atoms with E-state index in [0.29, 0.717) is 17.3 Å². The number of carbonyl (C=O) groups is 2. The van der Waals surface area contributed by atoms with Gasteiger partial charge in [0.25, 0.3) is 11.8 Å². The van der Waals surface area contributed by atoms with Gasteiger partial charge in [-0.05, 0) is 42.0 Å². The van der Waals surface area contributed by atoms with Crippen molar-refractivity contribution in [2.45, 2.75) is 6.54 Å². The molecule has 0 aliphatic carbocycles. The summed E-state index contributed by atoms with van der Waals surface area (Å²) in [5.41, 5.74) is 1.66. The molecule has 3 N–H and O–H groups in total. The maximum absolute atomic E-state index is 12.1. The second-order valence-electron chi connectivity index (χ2n) is 5.99. The summed E-state index contributed by atoms with van der Waals surface area (Å²) in [4.78, 5) is 24.9. The topological polar surface area (TPSA) is 71.9 Å². The first-order chi connectivity index (χ1) is 12.5. The van der Waals surface area contributed by atoms with Crippen molar-refractivity contribution in [1.29, 1.82) is 0 Å². The summed E-state index contributed by atoms with van der Waals surface area (Å²) in [7, 11) is 3.39. The van der Waals surface area contributed by atoms with E-state index in [0.717, 1.165) is 16.2 Å². The standard InChI is InChI=1S/C19H22ClN3O3/c1-23(12-18(24)21-11-14-3-5-15(20)6-4-14)13-19(25)22-16-7-9-17(26-2)10-8-16/h3-10H,11-13H2,1-2H3,(H,21,24)(H,22,25)/p+1. The van der Waals surface area contributed by atoms with Crippen molar-refractivity contribution in [3.63, 3.8) is 0 Å². The molecule has 6 nitrogen and oxygen atoms in total. The summed E-state index contributed by atoms with van der Waals surface area (Å²) in [6.07, 6.45) is 0. The Morgan fingerprint density at radius 2 is 1.62 bits per heavy atom. The fourth-order valence-electron chi connectivity index (χ4n) is 2.36. The van der Waals surface area contributed by atoms with Crippen LogP contribution in [0, 0.1) is 0 Å². The molecule has 0 spiro atoms. The number of ether oxygens (including phenoxy) is 1. The van der Waals surface area contributed by atoms with Crippen molar-refractivity contribution in [3.05, 3.63) is 59.1 Å². The molecule has 1 atom stereocenters. The van der Waals surface area contributed by atoms with Gasteiger partial charge in [-0.1, -0.05) is 23.7 Å². The summed E-state index contributed by atoms with van der Waals surface area (Å²) in [5.74, 6) is 0.455. The molecule has 0 saturated carbocycles. The van der Waals surface area contributed by atoms with Gasteiger partial charge in [-0.3, -0.25) is 9.59 Å². The minimum atomic E-state index is -0.154. The van der Waals surface area contributed by atoms with Crippen LogP contribution >= 0.6 is 11.6 Å². The third-order valence-electron chi connectivity index (χ3n) is 3.70. The van der Waals surface area contributed by atoms with Gasteiger partial charge in [0.1, 0.15) is 5.75 Å². The molecular formula is C19H23ClN3O3+. The van der Waals surface area contributed by atoms with Crippen molar-refractivity contribution in [1.82, 2.24) is 5.32 Å². The summed E-state index contributed by atoms with van der Waals surface area (Å²) >= 11 is 5.83.